The van der Waals surface area contributed by atoms with Gasteiger partial charge in [0, 0.05) is 31.8 Å². The number of nitrogens with one attached hydrogen (secondary N) is 1. The van der Waals surface area contributed by atoms with Gasteiger partial charge in [-0.25, -0.2) is 4.98 Å². The molecule has 130 valence electrons. The first-order valence-electron chi connectivity index (χ1n) is 7.48. The van der Waals surface area contributed by atoms with Crippen LogP contribution in [0.15, 0.2) is 30.6 Å². The summed E-state index contributed by atoms with van der Waals surface area (Å²) >= 11 is 11.8. The molecule has 0 spiro atoms. The number of aryl methyl sites for hydroxylation is 1. The van der Waals surface area contributed by atoms with Crippen molar-refractivity contribution in [2.24, 2.45) is 0 Å². The van der Waals surface area contributed by atoms with Crippen LogP contribution in [0.4, 0.5) is 8.78 Å². The molecule has 2 aromatic rings. The van der Waals surface area contributed by atoms with Crippen molar-refractivity contribution in [2.45, 2.75) is 32.2 Å². The van der Waals surface area contributed by atoms with E-state index >= 15 is 0 Å². The first-order valence-corrected chi connectivity index (χ1v) is 8.23. The average Bonchev–Trinajstić information content (AvgIpc) is 2.99. The smallest absolute Gasteiger partial charge is 0.319 e. The number of nitrogens with zero attached hydrogens (tertiary/aromatic N) is 2. The van der Waals surface area contributed by atoms with Crippen LogP contribution in [0.25, 0.3) is 0 Å². The molecule has 1 aromatic heterocycles. The lowest BCUT2D eigenvalue weighted by atomic mass is 10.1. The van der Waals surface area contributed by atoms with Gasteiger partial charge < -0.3 is 5.32 Å². The van der Waals surface area contributed by atoms with E-state index in [2.05, 4.69) is 10.3 Å². The van der Waals surface area contributed by atoms with Gasteiger partial charge in [-0.15, -0.1) is 0 Å². The minimum atomic E-state index is -2.62. The molecule has 0 fully saturated rings. The molecular weight excluding hydrogens is 359 g/mol. The third kappa shape index (κ3) is 5.46. The summed E-state index contributed by atoms with van der Waals surface area (Å²) in [5.41, 5.74) is 1.01. The molecule has 0 radical (unpaired) electrons. The number of carbonyl (C=O) groups is 1. The molecule has 2 rings (SSSR count). The first-order chi connectivity index (χ1) is 11.5. The Morgan fingerprint density at radius 2 is 2.04 bits per heavy atom. The highest BCUT2D eigenvalue weighted by molar-refractivity contribution is 6.42. The molecule has 8 heteroatoms. The molecule has 4 nitrogen and oxygen atoms in total. The molecule has 0 aliphatic heterocycles. The zero-order valence-corrected chi connectivity index (χ0v) is 14.3. The van der Waals surface area contributed by atoms with Crippen molar-refractivity contribution in [1.29, 1.82) is 0 Å². The van der Waals surface area contributed by atoms with Gasteiger partial charge in [0.1, 0.15) is 5.82 Å². The number of hydrogen-bond donors (Lipinski definition) is 1. The van der Waals surface area contributed by atoms with Crippen molar-refractivity contribution in [2.75, 3.05) is 6.54 Å². The molecular formula is C16H17Cl2F2N3O. The Morgan fingerprint density at radius 3 is 2.75 bits per heavy atom. The summed E-state index contributed by atoms with van der Waals surface area (Å²) in [5, 5.41) is 3.70. The zero-order valence-electron chi connectivity index (χ0n) is 12.8. The normalized spacial score (nSPS) is 11.0. The van der Waals surface area contributed by atoms with Gasteiger partial charge in [-0.3, -0.25) is 9.36 Å². The van der Waals surface area contributed by atoms with Crippen molar-refractivity contribution < 1.29 is 13.6 Å². The zero-order chi connectivity index (χ0) is 17.5. The second kappa shape index (κ2) is 8.99. The summed E-state index contributed by atoms with van der Waals surface area (Å²) in [7, 11) is 0. The SMILES string of the molecule is O=C(CCCc1ccc(Cl)c(Cl)c1)NCCc1nccn1C(F)F. The number of alkyl halides is 2. The molecule has 1 N–H and O–H groups in total. The van der Waals surface area contributed by atoms with E-state index in [4.69, 9.17) is 23.2 Å². The lowest BCUT2D eigenvalue weighted by Crippen LogP contribution is -2.26. The van der Waals surface area contributed by atoms with E-state index in [-0.39, 0.29) is 24.7 Å². The summed E-state index contributed by atoms with van der Waals surface area (Å²) < 4.78 is 26.1. The largest absolute Gasteiger partial charge is 0.356 e. The fourth-order valence-corrected chi connectivity index (χ4v) is 2.59. The number of rotatable bonds is 8. The number of hydrogen-bond acceptors (Lipinski definition) is 2. The minimum Gasteiger partial charge on any atom is -0.356 e. The molecule has 0 atom stereocenters. The van der Waals surface area contributed by atoms with E-state index in [1.165, 1.54) is 12.4 Å². The van der Waals surface area contributed by atoms with E-state index in [9.17, 15) is 13.6 Å². The van der Waals surface area contributed by atoms with Crippen LogP contribution < -0.4 is 5.32 Å². The maximum absolute atomic E-state index is 12.6. The Labute approximate surface area is 148 Å². The first kappa shape index (κ1) is 18.7. The van der Waals surface area contributed by atoms with E-state index < -0.39 is 6.55 Å². The van der Waals surface area contributed by atoms with Crippen LogP contribution in [-0.4, -0.2) is 22.0 Å². The number of halogens is 4. The van der Waals surface area contributed by atoms with Crippen molar-refractivity contribution >= 4 is 29.1 Å². The fourth-order valence-electron chi connectivity index (χ4n) is 2.27. The van der Waals surface area contributed by atoms with Gasteiger partial charge in [0.25, 0.3) is 0 Å². The predicted molar refractivity (Wildman–Crippen MR) is 89.6 cm³/mol. The number of imidazole rings is 1. The van der Waals surface area contributed by atoms with Crippen LogP contribution in [0, 0.1) is 0 Å². The summed E-state index contributed by atoms with van der Waals surface area (Å²) in [6, 6.07) is 5.38. The minimum absolute atomic E-state index is 0.120. The van der Waals surface area contributed by atoms with E-state index in [1.54, 1.807) is 12.1 Å². The fraction of sp³-hybridized carbons (Fsp3) is 0.375. The quantitative estimate of drug-likeness (QED) is 0.748. The Bertz CT molecular complexity index is 692. The van der Waals surface area contributed by atoms with Gasteiger partial charge >= 0.3 is 6.55 Å². The highest BCUT2D eigenvalue weighted by Gasteiger charge is 2.11. The van der Waals surface area contributed by atoms with Gasteiger partial charge in [-0.05, 0) is 30.5 Å². The second-order valence-corrected chi connectivity index (χ2v) is 6.04. The molecule has 24 heavy (non-hydrogen) atoms. The molecule has 0 aliphatic rings. The molecule has 1 aromatic carbocycles. The summed E-state index contributed by atoms with van der Waals surface area (Å²) in [4.78, 5) is 15.6. The lowest BCUT2D eigenvalue weighted by molar-refractivity contribution is -0.121. The molecule has 0 saturated carbocycles. The molecule has 0 aliphatic carbocycles. The Morgan fingerprint density at radius 1 is 1.25 bits per heavy atom. The topological polar surface area (TPSA) is 46.9 Å². The predicted octanol–water partition coefficient (Wildman–Crippen LogP) is 4.27. The van der Waals surface area contributed by atoms with Crippen LogP contribution in [0.5, 0.6) is 0 Å². The standard InChI is InChI=1S/C16H17Cl2F2N3O/c17-12-5-4-11(10-13(12)18)2-1-3-15(24)22-7-6-14-21-8-9-23(14)16(19)20/h4-5,8-10,16H,1-3,6-7H2,(H,22,24). The highest BCUT2D eigenvalue weighted by Crippen LogP contribution is 2.23. The van der Waals surface area contributed by atoms with Crippen molar-refractivity contribution in [3.63, 3.8) is 0 Å². The highest BCUT2D eigenvalue weighted by atomic mass is 35.5. The Balaban J connectivity index is 1.68. The van der Waals surface area contributed by atoms with Crippen LogP contribution in [0.1, 0.15) is 30.8 Å². The summed E-state index contributed by atoms with van der Waals surface area (Å²) in [6.45, 7) is -2.35. The lowest BCUT2D eigenvalue weighted by Gasteiger charge is -2.08. The molecule has 0 unspecified atom stereocenters. The monoisotopic (exact) mass is 375 g/mol. The van der Waals surface area contributed by atoms with Crippen molar-refractivity contribution in [3.05, 3.63) is 52.0 Å². The molecule has 0 bridgehead atoms. The van der Waals surface area contributed by atoms with Crippen LogP contribution in [0.2, 0.25) is 10.0 Å². The van der Waals surface area contributed by atoms with Gasteiger partial charge in [0.2, 0.25) is 5.91 Å². The van der Waals surface area contributed by atoms with Crippen LogP contribution in [0.3, 0.4) is 0 Å². The Hall–Kier alpha value is -1.66. The average molecular weight is 376 g/mol. The van der Waals surface area contributed by atoms with Crippen molar-refractivity contribution in [3.8, 4) is 0 Å². The number of carbonyl (C=O) groups excluding carboxylic acids is 1. The van der Waals surface area contributed by atoms with Crippen LogP contribution in [-0.2, 0) is 17.6 Å². The summed E-state index contributed by atoms with van der Waals surface area (Å²) in [6.07, 6.45) is 4.52. The maximum atomic E-state index is 12.6. The number of aromatic nitrogens is 2. The van der Waals surface area contributed by atoms with Crippen LogP contribution >= 0.6 is 23.2 Å². The molecule has 1 heterocycles. The Kier molecular flexibility index (Phi) is 6.99. The maximum Gasteiger partial charge on any atom is 0.319 e. The third-order valence-corrected chi connectivity index (χ3v) is 4.22. The van der Waals surface area contributed by atoms with Gasteiger partial charge in [0.15, 0.2) is 0 Å². The molecule has 1 amide bonds. The van der Waals surface area contributed by atoms with Gasteiger partial charge in [0.05, 0.1) is 10.0 Å². The van der Waals surface area contributed by atoms with Gasteiger partial charge in [-0.1, -0.05) is 29.3 Å². The van der Waals surface area contributed by atoms with Gasteiger partial charge in [-0.2, -0.15) is 8.78 Å². The van der Waals surface area contributed by atoms with E-state index in [1.807, 2.05) is 6.07 Å². The number of benzene rings is 1. The van der Waals surface area contributed by atoms with E-state index in [0.29, 0.717) is 29.3 Å². The molecule has 0 saturated heterocycles. The second-order valence-electron chi connectivity index (χ2n) is 5.23. The summed E-state index contributed by atoms with van der Waals surface area (Å²) in [5.74, 6) is 0.131. The number of amides is 1. The van der Waals surface area contributed by atoms with E-state index in [0.717, 1.165) is 10.1 Å². The third-order valence-electron chi connectivity index (χ3n) is 3.48. The van der Waals surface area contributed by atoms with Crippen molar-refractivity contribution in [1.82, 2.24) is 14.9 Å².